The molecule has 0 aliphatic heterocycles. The molecule has 0 fully saturated rings. The lowest BCUT2D eigenvalue weighted by molar-refractivity contribution is -0.112. The number of ether oxygens (including phenoxy) is 2. The van der Waals surface area contributed by atoms with Gasteiger partial charge in [0.25, 0.3) is 5.91 Å². The molecule has 1 unspecified atom stereocenters. The van der Waals surface area contributed by atoms with E-state index in [2.05, 4.69) is 28.1 Å². The number of unbranched alkanes of at least 4 members (excludes halogenated alkanes) is 1. The lowest BCUT2D eigenvalue weighted by atomic mass is 9.98. The van der Waals surface area contributed by atoms with Gasteiger partial charge in [-0.1, -0.05) is 48.5 Å². The normalized spacial score (nSPS) is 12.8. The average Bonchev–Trinajstić information content (AvgIpc) is 3.32. The van der Waals surface area contributed by atoms with Crippen molar-refractivity contribution < 1.29 is 28.7 Å². The van der Waals surface area contributed by atoms with Crippen LogP contribution in [-0.4, -0.2) is 55.1 Å². The minimum Gasteiger partial charge on any atom is -0.449 e. The van der Waals surface area contributed by atoms with Crippen LogP contribution in [0.5, 0.6) is 0 Å². The number of thioether (sulfide) groups is 1. The van der Waals surface area contributed by atoms with Crippen LogP contribution in [0.4, 0.5) is 9.59 Å². The van der Waals surface area contributed by atoms with Gasteiger partial charge in [0.05, 0.1) is 0 Å². The summed E-state index contributed by atoms with van der Waals surface area (Å²) < 4.78 is 11.0. The van der Waals surface area contributed by atoms with Crippen molar-refractivity contribution in [3.63, 3.8) is 0 Å². The van der Waals surface area contributed by atoms with Crippen molar-refractivity contribution in [2.75, 3.05) is 20.2 Å². The highest BCUT2D eigenvalue weighted by Crippen LogP contribution is 2.44. The number of hydrogen-bond donors (Lipinski definition) is 3. The number of nitrogens with one attached hydrogen (secondary N) is 3. The molecule has 0 saturated carbocycles. The fourth-order valence-electron chi connectivity index (χ4n) is 5.02. The molecule has 3 aromatic carbocycles. The molecule has 44 heavy (non-hydrogen) atoms. The Labute approximate surface area is 262 Å². The number of amides is 3. The molecule has 0 spiro atoms. The Morgan fingerprint density at radius 3 is 2.05 bits per heavy atom. The van der Waals surface area contributed by atoms with Crippen LogP contribution in [-0.2, 0) is 14.3 Å². The molecule has 0 heterocycles. The number of hydrogen-bond acceptors (Lipinski definition) is 7. The Kier molecular flexibility index (Phi) is 11.1. The number of carbonyl (C=O) groups excluding carboxylic acids is 4. The Morgan fingerprint density at radius 1 is 0.841 bits per heavy atom. The Balaban J connectivity index is 1.37. The second kappa shape index (κ2) is 14.9. The van der Waals surface area contributed by atoms with Crippen molar-refractivity contribution in [2.45, 2.75) is 62.5 Å². The van der Waals surface area contributed by atoms with Gasteiger partial charge in [0.2, 0.25) is 5.12 Å². The first-order valence-corrected chi connectivity index (χ1v) is 15.5. The third-order valence-electron chi connectivity index (χ3n) is 7.07. The third-order valence-corrected chi connectivity index (χ3v) is 8.06. The van der Waals surface area contributed by atoms with Crippen LogP contribution in [0.1, 0.15) is 67.4 Å². The number of alkyl carbamates (subject to hydrolysis) is 2. The van der Waals surface area contributed by atoms with E-state index in [1.165, 1.54) is 0 Å². The fourth-order valence-corrected chi connectivity index (χ4v) is 5.84. The topological polar surface area (TPSA) is 123 Å². The zero-order valence-corrected chi connectivity index (χ0v) is 26.3. The zero-order chi connectivity index (χ0) is 31.7. The van der Waals surface area contributed by atoms with E-state index in [-0.39, 0.29) is 23.5 Å². The first kappa shape index (κ1) is 32.6. The molecule has 0 radical (unpaired) electrons. The van der Waals surface area contributed by atoms with Crippen molar-refractivity contribution in [3.05, 3.63) is 89.5 Å². The molecule has 1 atom stereocenters. The summed E-state index contributed by atoms with van der Waals surface area (Å²) in [5.41, 5.74) is 4.34. The van der Waals surface area contributed by atoms with E-state index in [1.54, 1.807) is 52.1 Å². The Hall–Kier alpha value is -4.31. The molecule has 1 aliphatic rings. The van der Waals surface area contributed by atoms with E-state index in [9.17, 15) is 19.2 Å². The van der Waals surface area contributed by atoms with Crippen LogP contribution in [0.25, 0.3) is 11.1 Å². The molecule has 10 heteroatoms. The lowest BCUT2D eigenvalue weighted by Crippen LogP contribution is -2.40. The summed E-state index contributed by atoms with van der Waals surface area (Å²) in [6.07, 6.45) is 0.320. The van der Waals surface area contributed by atoms with Gasteiger partial charge in [-0.3, -0.25) is 9.59 Å². The van der Waals surface area contributed by atoms with Gasteiger partial charge in [-0.15, -0.1) is 0 Å². The van der Waals surface area contributed by atoms with Crippen molar-refractivity contribution in [3.8, 4) is 11.1 Å². The molecule has 0 aromatic heterocycles. The van der Waals surface area contributed by atoms with Crippen LogP contribution >= 0.6 is 11.8 Å². The quantitative estimate of drug-likeness (QED) is 0.171. The predicted octanol–water partition coefficient (Wildman–Crippen LogP) is 6.27. The molecule has 3 amide bonds. The second-order valence-corrected chi connectivity index (χ2v) is 12.5. The summed E-state index contributed by atoms with van der Waals surface area (Å²) in [5.74, 6) is -0.322. The van der Waals surface area contributed by atoms with E-state index in [4.69, 9.17) is 9.47 Å². The zero-order valence-electron chi connectivity index (χ0n) is 25.5. The highest BCUT2D eigenvalue weighted by molar-refractivity contribution is 8.13. The molecule has 0 bridgehead atoms. The fraction of sp³-hybridized carbons (Fsp3) is 0.353. The van der Waals surface area contributed by atoms with E-state index in [1.807, 2.05) is 36.4 Å². The Morgan fingerprint density at radius 2 is 1.45 bits per heavy atom. The highest BCUT2D eigenvalue weighted by Gasteiger charge is 2.30. The molecule has 3 aromatic rings. The lowest BCUT2D eigenvalue weighted by Gasteiger charge is -2.20. The SMILES string of the molecule is CNC(=O)c1ccc(SC(=O)C(CCCCNC(=O)OC(C)(C)C)NC(=O)OCC2c3ccccc3-c3ccccc32)cc1. The van der Waals surface area contributed by atoms with Gasteiger partial charge in [0.1, 0.15) is 18.2 Å². The summed E-state index contributed by atoms with van der Waals surface area (Å²) in [4.78, 5) is 50.9. The van der Waals surface area contributed by atoms with E-state index in [0.717, 1.165) is 34.0 Å². The molecular weight excluding hydrogens is 578 g/mol. The van der Waals surface area contributed by atoms with Gasteiger partial charge in [-0.05, 0) is 98.3 Å². The van der Waals surface area contributed by atoms with Crippen LogP contribution in [0, 0.1) is 0 Å². The average molecular weight is 618 g/mol. The van der Waals surface area contributed by atoms with Crippen LogP contribution < -0.4 is 16.0 Å². The van der Waals surface area contributed by atoms with E-state index in [0.29, 0.717) is 36.3 Å². The first-order chi connectivity index (χ1) is 21.1. The maximum atomic E-state index is 13.4. The predicted molar refractivity (Wildman–Crippen MR) is 171 cm³/mol. The minimum atomic E-state index is -0.823. The molecule has 232 valence electrons. The number of benzene rings is 3. The van der Waals surface area contributed by atoms with Gasteiger partial charge < -0.3 is 25.4 Å². The van der Waals surface area contributed by atoms with Gasteiger partial charge in [-0.2, -0.15) is 0 Å². The smallest absolute Gasteiger partial charge is 0.407 e. The Bertz CT molecular complexity index is 1440. The molecule has 4 rings (SSSR count). The standard InChI is InChI=1S/C34H39N3O6S/c1-34(2,3)43-32(40)36-20-10-9-15-29(31(39)44-23-18-16-22(17-19-23)30(38)35-4)37-33(41)42-21-28-26-13-7-5-11-24(26)25-12-6-8-14-27(25)28/h5-8,11-14,16-19,28-29H,9-10,15,20-21H2,1-4H3,(H,35,38)(H,36,40)(H,37,41). The van der Waals surface area contributed by atoms with Gasteiger partial charge in [-0.25, -0.2) is 9.59 Å². The van der Waals surface area contributed by atoms with Gasteiger partial charge in [0.15, 0.2) is 0 Å². The summed E-state index contributed by atoms with van der Waals surface area (Å²) in [6.45, 7) is 5.88. The van der Waals surface area contributed by atoms with Crippen LogP contribution in [0.2, 0.25) is 0 Å². The molecule has 1 aliphatic carbocycles. The monoisotopic (exact) mass is 617 g/mol. The van der Waals surface area contributed by atoms with Crippen molar-refractivity contribution in [2.24, 2.45) is 0 Å². The minimum absolute atomic E-state index is 0.102. The number of fused-ring (bicyclic) bond motifs is 3. The maximum Gasteiger partial charge on any atom is 0.407 e. The molecule has 3 N–H and O–H groups in total. The number of rotatable bonds is 11. The summed E-state index contributed by atoms with van der Waals surface area (Å²) in [6, 6.07) is 22.0. The van der Waals surface area contributed by atoms with E-state index >= 15 is 0 Å². The van der Waals surface area contributed by atoms with Gasteiger partial charge >= 0.3 is 12.2 Å². The molecule has 0 saturated heterocycles. The van der Waals surface area contributed by atoms with Crippen LogP contribution in [0.15, 0.2) is 77.7 Å². The number of carbonyl (C=O) groups is 4. The first-order valence-electron chi connectivity index (χ1n) is 14.7. The van der Waals surface area contributed by atoms with Crippen molar-refractivity contribution >= 4 is 35.0 Å². The summed E-state index contributed by atoms with van der Waals surface area (Å²) >= 11 is 0.991. The highest BCUT2D eigenvalue weighted by atomic mass is 32.2. The maximum absolute atomic E-state index is 13.4. The second-order valence-electron chi connectivity index (χ2n) is 11.5. The van der Waals surface area contributed by atoms with Crippen LogP contribution in [0.3, 0.4) is 0 Å². The van der Waals surface area contributed by atoms with Crippen molar-refractivity contribution in [1.29, 1.82) is 0 Å². The third kappa shape index (κ3) is 8.86. The summed E-state index contributed by atoms with van der Waals surface area (Å²) in [5, 5.41) is 7.79. The largest absolute Gasteiger partial charge is 0.449 e. The molecule has 9 nitrogen and oxygen atoms in total. The van der Waals surface area contributed by atoms with Gasteiger partial charge in [0, 0.05) is 30.0 Å². The molecular formula is C34H39N3O6S. The van der Waals surface area contributed by atoms with E-state index < -0.39 is 23.8 Å². The summed E-state index contributed by atoms with van der Waals surface area (Å²) in [7, 11) is 1.55. The van der Waals surface area contributed by atoms with Crippen molar-refractivity contribution in [1.82, 2.24) is 16.0 Å².